The van der Waals surface area contributed by atoms with Crippen molar-refractivity contribution in [1.29, 1.82) is 0 Å². The van der Waals surface area contributed by atoms with Crippen LogP contribution in [-0.2, 0) is 4.74 Å². The highest BCUT2D eigenvalue weighted by Gasteiger charge is 2.45. The highest BCUT2D eigenvalue weighted by molar-refractivity contribution is 8.00. The maximum absolute atomic E-state index is 6.70. The van der Waals surface area contributed by atoms with Crippen molar-refractivity contribution in [2.45, 2.75) is 81.1 Å². The molecule has 0 aromatic heterocycles. The molecule has 2 heterocycles. The third-order valence-electron chi connectivity index (χ3n) is 5.76. The van der Waals surface area contributed by atoms with Crippen molar-refractivity contribution in [3.05, 3.63) is 0 Å². The van der Waals surface area contributed by atoms with Crippen molar-refractivity contribution in [3.63, 3.8) is 0 Å². The lowest BCUT2D eigenvalue weighted by Gasteiger charge is -2.47. The summed E-state index contributed by atoms with van der Waals surface area (Å²) in [7, 11) is 0. The maximum atomic E-state index is 6.70. The minimum atomic E-state index is 0.207. The first-order valence-electron chi connectivity index (χ1n) is 8.17. The molecule has 3 atom stereocenters. The number of hydrogen-bond donors (Lipinski definition) is 1. The summed E-state index contributed by atoms with van der Waals surface area (Å²) in [6.45, 7) is 3.34. The highest BCUT2D eigenvalue weighted by atomic mass is 32.2. The monoisotopic (exact) mass is 283 g/mol. The van der Waals surface area contributed by atoms with Crippen molar-refractivity contribution in [2.24, 2.45) is 11.7 Å². The van der Waals surface area contributed by atoms with Crippen LogP contribution in [0.5, 0.6) is 0 Å². The van der Waals surface area contributed by atoms with Crippen molar-refractivity contribution < 1.29 is 4.74 Å². The summed E-state index contributed by atoms with van der Waals surface area (Å²) in [6, 6.07) is 0.364. The Morgan fingerprint density at radius 1 is 1.16 bits per heavy atom. The highest BCUT2D eigenvalue weighted by Crippen LogP contribution is 2.47. The molecule has 1 saturated carbocycles. The molecule has 2 nitrogen and oxygen atoms in total. The molecule has 2 N–H and O–H groups in total. The molecule has 2 aliphatic heterocycles. The van der Waals surface area contributed by atoms with Gasteiger partial charge in [0.05, 0.1) is 5.60 Å². The second kappa shape index (κ2) is 5.57. The molecule has 0 amide bonds. The van der Waals surface area contributed by atoms with Gasteiger partial charge in [-0.15, -0.1) is 0 Å². The van der Waals surface area contributed by atoms with E-state index in [1.165, 1.54) is 63.5 Å². The van der Waals surface area contributed by atoms with E-state index in [4.69, 9.17) is 10.5 Å². The second-order valence-corrected chi connectivity index (χ2v) is 8.77. The molecule has 3 rings (SSSR count). The van der Waals surface area contributed by atoms with Gasteiger partial charge in [0, 0.05) is 17.4 Å². The van der Waals surface area contributed by atoms with Crippen LogP contribution in [-0.4, -0.2) is 28.7 Å². The molecule has 110 valence electrons. The van der Waals surface area contributed by atoms with Crippen molar-refractivity contribution in [1.82, 2.24) is 0 Å². The normalized spacial score (nSPS) is 40.4. The van der Waals surface area contributed by atoms with E-state index in [0.717, 1.165) is 6.61 Å². The van der Waals surface area contributed by atoms with E-state index < -0.39 is 0 Å². The second-order valence-electron chi connectivity index (χ2n) is 7.14. The summed E-state index contributed by atoms with van der Waals surface area (Å²) in [5, 5.41) is 0. The molecule has 1 aliphatic carbocycles. The quantitative estimate of drug-likeness (QED) is 0.838. The zero-order valence-corrected chi connectivity index (χ0v) is 13.1. The fourth-order valence-corrected chi connectivity index (χ4v) is 5.91. The van der Waals surface area contributed by atoms with E-state index in [2.05, 4.69) is 18.7 Å². The Balaban J connectivity index is 1.67. The summed E-state index contributed by atoms with van der Waals surface area (Å²) in [5.41, 5.74) is 6.91. The molecule has 19 heavy (non-hydrogen) atoms. The topological polar surface area (TPSA) is 35.2 Å². The van der Waals surface area contributed by atoms with Gasteiger partial charge in [0.15, 0.2) is 0 Å². The molecule has 0 radical (unpaired) electrons. The predicted molar refractivity (Wildman–Crippen MR) is 82.6 cm³/mol. The van der Waals surface area contributed by atoms with E-state index >= 15 is 0 Å². The minimum absolute atomic E-state index is 0.207. The predicted octanol–water partition coefficient (Wildman–Crippen LogP) is 3.73. The summed E-state index contributed by atoms with van der Waals surface area (Å²) in [4.78, 5) is 0. The number of hydrogen-bond acceptors (Lipinski definition) is 3. The van der Waals surface area contributed by atoms with Crippen LogP contribution < -0.4 is 5.73 Å². The number of nitrogens with two attached hydrogens (primary N) is 1. The molecule has 1 spiro atoms. The first kappa shape index (κ1) is 14.2. The fraction of sp³-hybridized carbons (Fsp3) is 1.00. The van der Waals surface area contributed by atoms with Crippen molar-refractivity contribution in [2.75, 3.05) is 12.4 Å². The Labute approximate surface area is 122 Å². The van der Waals surface area contributed by atoms with Gasteiger partial charge in [-0.3, -0.25) is 0 Å². The lowest BCUT2D eigenvalue weighted by atomic mass is 9.72. The molecular formula is C16H29NOS. The molecule has 0 aromatic carbocycles. The molecule has 0 aromatic rings. The Morgan fingerprint density at radius 2 is 1.95 bits per heavy atom. The van der Waals surface area contributed by atoms with Gasteiger partial charge in [0.25, 0.3) is 0 Å². The summed E-state index contributed by atoms with van der Waals surface area (Å²) in [6.07, 6.45) is 11.7. The molecule has 3 aliphatic rings. The van der Waals surface area contributed by atoms with Crippen LogP contribution in [0.2, 0.25) is 0 Å². The Bertz CT molecular complexity index is 302. The van der Waals surface area contributed by atoms with Gasteiger partial charge in [-0.05, 0) is 57.1 Å². The van der Waals surface area contributed by atoms with Crippen LogP contribution >= 0.6 is 11.8 Å². The van der Waals surface area contributed by atoms with Crippen molar-refractivity contribution in [3.8, 4) is 0 Å². The number of ether oxygens (including phenoxy) is 1. The van der Waals surface area contributed by atoms with Crippen LogP contribution in [0.4, 0.5) is 0 Å². The van der Waals surface area contributed by atoms with Gasteiger partial charge < -0.3 is 10.5 Å². The molecule has 3 unspecified atom stereocenters. The van der Waals surface area contributed by atoms with Crippen LogP contribution in [0.3, 0.4) is 0 Å². The smallest absolute Gasteiger partial charge is 0.0685 e. The van der Waals surface area contributed by atoms with Gasteiger partial charge in [0.2, 0.25) is 0 Å². The first-order chi connectivity index (χ1) is 9.14. The summed E-state index contributed by atoms with van der Waals surface area (Å²) < 4.78 is 6.55. The summed E-state index contributed by atoms with van der Waals surface area (Å²) in [5.74, 6) is 1.99. The zero-order valence-electron chi connectivity index (χ0n) is 12.3. The third-order valence-corrected chi connectivity index (χ3v) is 7.39. The average molecular weight is 283 g/mol. The van der Waals surface area contributed by atoms with Crippen LogP contribution in [0.15, 0.2) is 0 Å². The standard InChI is InChI=1S/C16H29NOS/c1-15(7-5-11-19-15)14(17)13-6-10-18-16(12-13)8-3-2-4-9-16/h13-14H,2-12,17H2,1H3. The maximum Gasteiger partial charge on any atom is 0.0685 e. The molecular weight excluding hydrogens is 254 g/mol. The van der Waals surface area contributed by atoms with Crippen LogP contribution in [0.25, 0.3) is 0 Å². The van der Waals surface area contributed by atoms with E-state index in [9.17, 15) is 0 Å². The van der Waals surface area contributed by atoms with Gasteiger partial charge >= 0.3 is 0 Å². The Morgan fingerprint density at radius 3 is 2.63 bits per heavy atom. The van der Waals surface area contributed by atoms with Gasteiger partial charge in [-0.25, -0.2) is 0 Å². The summed E-state index contributed by atoms with van der Waals surface area (Å²) >= 11 is 2.12. The van der Waals surface area contributed by atoms with Gasteiger partial charge in [-0.2, -0.15) is 11.8 Å². The number of rotatable bonds is 2. The average Bonchev–Trinajstić information content (AvgIpc) is 2.87. The molecule has 3 heteroatoms. The third kappa shape index (κ3) is 2.84. The van der Waals surface area contributed by atoms with Crippen molar-refractivity contribution >= 4 is 11.8 Å². The van der Waals surface area contributed by atoms with Gasteiger partial charge in [0.1, 0.15) is 0 Å². The van der Waals surface area contributed by atoms with Crippen LogP contribution in [0, 0.1) is 5.92 Å². The zero-order chi connectivity index (χ0) is 13.3. The largest absolute Gasteiger partial charge is 0.375 e. The van der Waals surface area contributed by atoms with E-state index in [0.29, 0.717) is 16.7 Å². The fourth-order valence-electron chi connectivity index (χ4n) is 4.48. The first-order valence-corrected chi connectivity index (χ1v) is 9.16. The molecule has 3 fully saturated rings. The Hall–Kier alpha value is 0.270. The van der Waals surface area contributed by atoms with Crippen LogP contribution in [0.1, 0.15) is 64.7 Å². The van der Waals surface area contributed by atoms with E-state index in [-0.39, 0.29) is 5.60 Å². The number of thioether (sulfide) groups is 1. The Kier molecular flexibility index (Phi) is 4.17. The van der Waals surface area contributed by atoms with E-state index in [1.807, 2.05) is 0 Å². The molecule has 0 bridgehead atoms. The lowest BCUT2D eigenvalue weighted by molar-refractivity contribution is -0.121. The van der Waals surface area contributed by atoms with E-state index in [1.54, 1.807) is 0 Å². The SMILES string of the molecule is CC1(C(N)C2CCOC3(CCCCC3)C2)CCCS1. The lowest BCUT2D eigenvalue weighted by Crippen LogP contribution is -2.52. The minimum Gasteiger partial charge on any atom is -0.375 e. The molecule has 2 saturated heterocycles. The van der Waals surface area contributed by atoms with Gasteiger partial charge in [-0.1, -0.05) is 19.3 Å².